The number of rotatable bonds is 8. The molecule has 2 aliphatic heterocycles. The van der Waals surface area contributed by atoms with Gasteiger partial charge in [-0.2, -0.15) is 0 Å². The molecule has 0 spiro atoms. The Morgan fingerprint density at radius 3 is 2.10 bits per heavy atom. The lowest BCUT2D eigenvalue weighted by atomic mass is 9.79. The third-order valence-corrected chi connectivity index (χ3v) is 7.32. The summed E-state index contributed by atoms with van der Waals surface area (Å²) in [7, 11) is 0. The van der Waals surface area contributed by atoms with E-state index in [2.05, 4.69) is 39.2 Å². The highest BCUT2D eigenvalue weighted by Crippen LogP contribution is 2.35. The molecule has 6 heteroatoms. The number of nitrogens with one attached hydrogen (secondary N) is 2. The Morgan fingerprint density at radius 1 is 0.793 bits per heavy atom. The summed E-state index contributed by atoms with van der Waals surface area (Å²) in [4.78, 5) is 13.0. The van der Waals surface area contributed by atoms with Crippen molar-refractivity contribution in [1.29, 1.82) is 0 Å². The maximum atomic E-state index is 5.12. The Kier molecular flexibility index (Phi) is 9.53. The van der Waals surface area contributed by atoms with Crippen molar-refractivity contribution in [2.75, 3.05) is 72.0 Å². The minimum Gasteiger partial charge on any atom is -0.357 e. The number of aliphatic imine (C=N–C) groups is 1. The summed E-state index contributed by atoms with van der Waals surface area (Å²) in [6, 6.07) is 0. The molecule has 3 rings (SSSR count). The summed E-state index contributed by atoms with van der Waals surface area (Å²) < 4.78 is 0. The fraction of sp³-hybridized carbons (Fsp3) is 0.957. The van der Waals surface area contributed by atoms with E-state index in [1.165, 1.54) is 97.2 Å². The van der Waals surface area contributed by atoms with Gasteiger partial charge in [0.2, 0.25) is 0 Å². The molecule has 2 saturated heterocycles. The molecule has 0 aromatic carbocycles. The number of guanidine groups is 1. The van der Waals surface area contributed by atoms with Gasteiger partial charge in [0, 0.05) is 51.4 Å². The summed E-state index contributed by atoms with van der Waals surface area (Å²) in [6.07, 6.45) is 11.0. The van der Waals surface area contributed by atoms with Gasteiger partial charge >= 0.3 is 0 Å². The molecule has 6 nitrogen and oxygen atoms in total. The zero-order valence-electron chi connectivity index (χ0n) is 19.2. The van der Waals surface area contributed by atoms with E-state index in [4.69, 9.17) is 4.99 Å². The maximum absolute atomic E-state index is 5.12. The SMILES string of the molecule is CCNC(=NCC1(N2CCCCC2)CCCCC1)NCCN1CCN(CC)CC1. The van der Waals surface area contributed by atoms with Crippen LogP contribution in [0.25, 0.3) is 0 Å². The predicted molar refractivity (Wildman–Crippen MR) is 124 cm³/mol. The highest BCUT2D eigenvalue weighted by atomic mass is 15.3. The van der Waals surface area contributed by atoms with Gasteiger partial charge in [0.05, 0.1) is 6.54 Å². The van der Waals surface area contributed by atoms with E-state index in [0.29, 0.717) is 5.54 Å². The van der Waals surface area contributed by atoms with Gasteiger partial charge in [-0.15, -0.1) is 0 Å². The smallest absolute Gasteiger partial charge is 0.191 e. The fourth-order valence-electron chi connectivity index (χ4n) is 5.38. The van der Waals surface area contributed by atoms with Crippen LogP contribution in [-0.4, -0.2) is 98.2 Å². The van der Waals surface area contributed by atoms with Gasteiger partial charge in [-0.3, -0.25) is 14.8 Å². The molecule has 1 saturated carbocycles. The third kappa shape index (κ3) is 6.83. The first kappa shape index (κ1) is 22.8. The normalized spacial score (nSPS) is 25.1. The first-order valence-electron chi connectivity index (χ1n) is 12.5. The van der Waals surface area contributed by atoms with Crippen molar-refractivity contribution in [3.8, 4) is 0 Å². The van der Waals surface area contributed by atoms with Crippen LogP contribution in [0.15, 0.2) is 4.99 Å². The van der Waals surface area contributed by atoms with Crippen molar-refractivity contribution in [3.63, 3.8) is 0 Å². The van der Waals surface area contributed by atoms with Crippen LogP contribution in [0.5, 0.6) is 0 Å². The van der Waals surface area contributed by atoms with Crippen molar-refractivity contribution in [3.05, 3.63) is 0 Å². The Hall–Kier alpha value is -0.850. The first-order chi connectivity index (χ1) is 14.3. The van der Waals surface area contributed by atoms with Gasteiger partial charge in [0.25, 0.3) is 0 Å². The number of piperidine rings is 1. The second kappa shape index (κ2) is 12.1. The number of hydrogen-bond donors (Lipinski definition) is 2. The summed E-state index contributed by atoms with van der Waals surface area (Å²) in [5.74, 6) is 1.02. The maximum Gasteiger partial charge on any atom is 0.191 e. The van der Waals surface area contributed by atoms with E-state index in [-0.39, 0.29) is 0 Å². The fourth-order valence-corrected chi connectivity index (χ4v) is 5.38. The van der Waals surface area contributed by atoms with Crippen LogP contribution in [0.2, 0.25) is 0 Å². The highest BCUT2D eigenvalue weighted by Gasteiger charge is 2.38. The molecule has 3 fully saturated rings. The van der Waals surface area contributed by atoms with E-state index >= 15 is 0 Å². The van der Waals surface area contributed by atoms with Crippen LogP contribution in [0.1, 0.15) is 65.2 Å². The minimum absolute atomic E-state index is 0.317. The first-order valence-corrected chi connectivity index (χ1v) is 12.5. The highest BCUT2D eigenvalue weighted by molar-refractivity contribution is 5.79. The molecule has 0 radical (unpaired) electrons. The number of piperazine rings is 1. The third-order valence-electron chi connectivity index (χ3n) is 7.32. The molecule has 0 unspecified atom stereocenters. The average Bonchev–Trinajstić information content (AvgIpc) is 2.79. The minimum atomic E-state index is 0.317. The molecule has 2 heterocycles. The Labute approximate surface area is 179 Å². The Balaban J connectivity index is 1.51. The molecule has 2 N–H and O–H groups in total. The molecule has 0 bridgehead atoms. The van der Waals surface area contributed by atoms with Crippen molar-refractivity contribution < 1.29 is 0 Å². The van der Waals surface area contributed by atoms with Gasteiger partial charge in [0.15, 0.2) is 5.96 Å². The number of likely N-dealkylation sites (N-methyl/N-ethyl adjacent to an activating group) is 1. The number of nitrogens with zero attached hydrogens (tertiary/aromatic N) is 4. The van der Waals surface area contributed by atoms with E-state index in [1.54, 1.807) is 0 Å². The number of likely N-dealkylation sites (tertiary alicyclic amines) is 1. The molecular weight excluding hydrogens is 360 g/mol. The Bertz CT molecular complexity index is 474. The lowest BCUT2D eigenvalue weighted by Crippen LogP contribution is -2.55. The molecule has 3 aliphatic rings. The van der Waals surface area contributed by atoms with Gasteiger partial charge in [0.1, 0.15) is 0 Å². The monoisotopic (exact) mass is 406 g/mol. The second-order valence-electron chi connectivity index (χ2n) is 9.23. The standard InChI is InChI=1S/C23H46N6/c1-3-24-22(25-13-16-28-19-17-27(4-2)18-20-28)26-21-23(11-7-5-8-12-23)29-14-9-6-10-15-29/h3-21H2,1-2H3,(H2,24,25,26). The van der Waals surface area contributed by atoms with Gasteiger partial charge in [-0.1, -0.05) is 32.6 Å². The quantitative estimate of drug-likeness (QED) is 0.479. The van der Waals surface area contributed by atoms with Crippen LogP contribution in [-0.2, 0) is 0 Å². The van der Waals surface area contributed by atoms with E-state index in [0.717, 1.165) is 32.1 Å². The molecule has 1 aliphatic carbocycles. The topological polar surface area (TPSA) is 46.1 Å². The molecule has 0 amide bonds. The van der Waals surface area contributed by atoms with Crippen molar-refractivity contribution >= 4 is 5.96 Å². The van der Waals surface area contributed by atoms with Crippen LogP contribution >= 0.6 is 0 Å². The molecule has 0 aromatic rings. The summed E-state index contributed by atoms with van der Waals surface area (Å²) in [5.41, 5.74) is 0.317. The zero-order chi connectivity index (χ0) is 20.4. The predicted octanol–water partition coefficient (Wildman–Crippen LogP) is 2.37. The van der Waals surface area contributed by atoms with Crippen LogP contribution in [0.4, 0.5) is 0 Å². The number of hydrogen-bond acceptors (Lipinski definition) is 4. The van der Waals surface area contributed by atoms with E-state index in [1.807, 2.05) is 0 Å². The van der Waals surface area contributed by atoms with Gasteiger partial charge < -0.3 is 15.5 Å². The summed E-state index contributed by atoms with van der Waals surface area (Å²) in [5, 5.41) is 7.11. The molecular formula is C23H46N6. The molecule has 0 aromatic heterocycles. The lowest BCUT2D eigenvalue weighted by molar-refractivity contribution is 0.0407. The summed E-state index contributed by atoms with van der Waals surface area (Å²) in [6.45, 7) is 17.0. The van der Waals surface area contributed by atoms with Crippen molar-refractivity contribution in [2.24, 2.45) is 4.99 Å². The van der Waals surface area contributed by atoms with Gasteiger partial charge in [-0.25, -0.2) is 0 Å². The zero-order valence-corrected chi connectivity index (χ0v) is 19.2. The Morgan fingerprint density at radius 2 is 1.45 bits per heavy atom. The molecule has 168 valence electrons. The lowest BCUT2D eigenvalue weighted by Gasteiger charge is -2.47. The van der Waals surface area contributed by atoms with Crippen LogP contribution < -0.4 is 10.6 Å². The van der Waals surface area contributed by atoms with Crippen molar-refractivity contribution in [1.82, 2.24) is 25.3 Å². The molecule has 29 heavy (non-hydrogen) atoms. The largest absolute Gasteiger partial charge is 0.357 e. The van der Waals surface area contributed by atoms with E-state index < -0.39 is 0 Å². The summed E-state index contributed by atoms with van der Waals surface area (Å²) >= 11 is 0. The van der Waals surface area contributed by atoms with Crippen LogP contribution in [0, 0.1) is 0 Å². The van der Waals surface area contributed by atoms with Gasteiger partial charge in [-0.05, 0) is 52.2 Å². The van der Waals surface area contributed by atoms with E-state index in [9.17, 15) is 0 Å². The molecule has 0 atom stereocenters. The van der Waals surface area contributed by atoms with Crippen LogP contribution in [0.3, 0.4) is 0 Å². The second-order valence-corrected chi connectivity index (χ2v) is 9.23. The van der Waals surface area contributed by atoms with Crippen molar-refractivity contribution in [2.45, 2.75) is 70.8 Å². The average molecular weight is 407 g/mol.